The number of hydrogen-bond acceptors (Lipinski definition) is 6. The van der Waals surface area contributed by atoms with Crippen molar-refractivity contribution in [1.82, 2.24) is 19.8 Å². The third-order valence-electron chi connectivity index (χ3n) is 8.56. The summed E-state index contributed by atoms with van der Waals surface area (Å²) in [5, 5.41) is 16.8. The van der Waals surface area contributed by atoms with Crippen molar-refractivity contribution in [1.29, 1.82) is 0 Å². The molecule has 38 heavy (non-hydrogen) atoms. The minimum absolute atomic E-state index is 0.0612. The van der Waals surface area contributed by atoms with E-state index in [-0.39, 0.29) is 28.4 Å². The summed E-state index contributed by atoms with van der Waals surface area (Å²) in [4.78, 5) is 31.9. The molecule has 0 radical (unpaired) electrons. The number of aromatic hydroxyl groups is 1. The number of benzene rings is 1. The van der Waals surface area contributed by atoms with Gasteiger partial charge in [0.2, 0.25) is 5.88 Å². The van der Waals surface area contributed by atoms with Crippen LogP contribution in [0, 0.1) is 12.3 Å². The first kappa shape index (κ1) is 24.3. The van der Waals surface area contributed by atoms with Crippen molar-refractivity contribution in [3.63, 3.8) is 0 Å². The molecule has 1 aromatic carbocycles. The number of nitrogens with zero attached hydrogens (tertiary/aromatic N) is 3. The lowest BCUT2D eigenvalue weighted by molar-refractivity contribution is 0.0440. The van der Waals surface area contributed by atoms with E-state index in [2.05, 4.69) is 27.8 Å². The van der Waals surface area contributed by atoms with Crippen LogP contribution in [-0.4, -0.2) is 50.8 Å². The molecule has 2 aromatic heterocycles. The summed E-state index contributed by atoms with van der Waals surface area (Å²) in [6, 6.07) is 17.0. The average Bonchev–Trinajstić information content (AvgIpc) is 3.50. The zero-order chi connectivity index (χ0) is 26.5. The molecule has 2 saturated carbocycles. The predicted molar refractivity (Wildman–Crippen MR) is 143 cm³/mol. The fraction of sp³-hybridized carbons (Fsp3) is 0.414. The summed E-state index contributed by atoms with van der Waals surface area (Å²) in [6.07, 6.45) is 4.91. The van der Waals surface area contributed by atoms with Crippen LogP contribution in [0.5, 0.6) is 11.6 Å². The molecule has 3 N–H and O–H groups in total. The van der Waals surface area contributed by atoms with E-state index >= 15 is 0 Å². The van der Waals surface area contributed by atoms with Gasteiger partial charge in [-0.25, -0.2) is 9.78 Å². The highest BCUT2D eigenvalue weighted by molar-refractivity contribution is 5.78. The Hall–Kier alpha value is -4.01. The van der Waals surface area contributed by atoms with E-state index in [1.807, 2.05) is 36.1 Å². The first-order valence-electron chi connectivity index (χ1n) is 13.1. The van der Waals surface area contributed by atoms with Crippen LogP contribution in [0.1, 0.15) is 36.9 Å². The highest BCUT2D eigenvalue weighted by atomic mass is 16.5. The number of ether oxygens (including phenoxy) is 1. The zero-order valence-corrected chi connectivity index (χ0v) is 21.7. The van der Waals surface area contributed by atoms with Crippen molar-refractivity contribution in [2.75, 3.05) is 25.0 Å². The fourth-order valence-corrected chi connectivity index (χ4v) is 6.30. The number of carbonyl (C=O) groups is 1. The smallest absolute Gasteiger partial charge is 0.318 e. The molecule has 2 aliphatic heterocycles. The molecule has 0 atom stereocenters. The maximum Gasteiger partial charge on any atom is 0.318 e. The second-order valence-electron chi connectivity index (χ2n) is 11.3. The van der Waals surface area contributed by atoms with Crippen LogP contribution in [-0.2, 0) is 12.6 Å². The standard InChI is InChI=1S/C29H33N5O4/c1-20-13-22(14-24(35)33(20)2)38-19-27-15-28(16-27,17-31-23-9-6-12-30-25(23)36)34(18-27)26(37)32-29(10-11-29)21-7-4-3-5-8-21/h3-9,12-14,31H,10-11,15-19H2,1-2H3,(H,30,36)(H,32,37). The Bertz CT molecular complexity index is 1430. The molecule has 7 rings (SSSR count). The molecule has 4 fully saturated rings. The van der Waals surface area contributed by atoms with Gasteiger partial charge in [-0.2, -0.15) is 0 Å². The Labute approximate surface area is 221 Å². The van der Waals surface area contributed by atoms with Crippen molar-refractivity contribution in [2.45, 2.75) is 43.7 Å². The summed E-state index contributed by atoms with van der Waals surface area (Å²) >= 11 is 0. The zero-order valence-electron chi connectivity index (χ0n) is 21.7. The van der Waals surface area contributed by atoms with E-state index in [0.29, 0.717) is 31.1 Å². The van der Waals surface area contributed by atoms with Crippen molar-refractivity contribution in [3.05, 3.63) is 82.4 Å². The fourth-order valence-electron chi connectivity index (χ4n) is 6.30. The third-order valence-corrected chi connectivity index (χ3v) is 8.56. The Morgan fingerprint density at radius 1 is 1.13 bits per heavy atom. The maximum atomic E-state index is 13.8. The number of hydrogen-bond donors (Lipinski definition) is 3. The van der Waals surface area contributed by atoms with Gasteiger partial charge in [0, 0.05) is 43.5 Å². The van der Waals surface area contributed by atoms with E-state index in [4.69, 9.17) is 4.74 Å². The van der Waals surface area contributed by atoms with Crippen molar-refractivity contribution in [2.24, 2.45) is 12.5 Å². The first-order chi connectivity index (χ1) is 18.2. The molecule has 2 saturated heterocycles. The lowest BCUT2D eigenvalue weighted by atomic mass is 9.62. The maximum absolute atomic E-state index is 13.8. The quantitative estimate of drug-likeness (QED) is 0.424. The highest BCUT2D eigenvalue weighted by Gasteiger charge is 2.67. The van der Waals surface area contributed by atoms with E-state index in [9.17, 15) is 14.7 Å². The number of carbonyl (C=O) groups excluding carboxylic acids is 1. The van der Waals surface area contributed by atoms with Gasteiger partial charge < -0.3 is 29.9 Å². The summed E-state index contributed by atoms with van der Waals surface area (Å²) < 4.78 is 7.73. The summed E-state index contributed by atoms with van der Waals surface area (Å²) in [5.74, 6) is 0.494. The minimum atomic E-state index is -0.411. The Morgan fingerprint density at radius 3 is 2.58 bits per heavy atom. The average molecular weight is 516 g/mol. The van der Waals surface area contributed by atoms with Crippen LogP contribution >= 0.6 is 0 Å². The Kier molecular flexibility index (Phi) is 5.63. The van der Waals surface area contributed by atoms with Gasteiger partial charge in [-0.3, -0.25) is 4.79 Å². The number of anilines is 1. The van der Waals surface area contributed by atoms with Crippen LogP contribution in [0.25, 0.3) is 0 Å². The topological polar surface area (TPSA) is 109 Å². The SMILES string of the molecule is Cc1cc(OCC23CN(C(=O)NC4(c5ccccc5)CC4)C(CNc4cccnc4O)(C2)C3)cc(=O)n1C. The highest BCUT2D eigenvalue weighted by Crippen LogP contribution is 2.60. The monoisotopic (exact) mass is 515 g/mol. The van der Waals surface area contributed by atoms with Crippen LogP contribution < -0.4 is 20.9 Å². The first-order valence-corrected chi connectivity index (χ1v) is 13.1. The lowest BCUT2D eigenvalue weighted by Gasteiger charge is -2.47. The largest absolute Gasteiger partial charge is 0.493 e. The number of aromatic nitrogens is 2. The number of rotatable bonds is 8. The second-order valence-corrected chi connectivity index (χ2v) is 11.3. The van der Waals surface area contributed by atoms with E-state index in [0.717, 1.165) is 36.9 Å². The molecule has 4 aliphatic rings. The molecule has 9 nitrogen and oxygen atoms in total. The minimum Gasteiger partial charge on any atom is -0.493 e. The van der Waals surface area contributed by atoms with Gasteiger partial charge in [-0.1, -0.05) is 30.3 Å². The summed E-state index contributed by atoms with van der Waals surface area (Å²) in [6.45, 7) is 3.36. The molecule has 2 bridgehead atoms. The Morgan fingerprint density at radius 2 is 1.89 bits per heavy atom. The molecule has 0 unspecified atom stereocenters. The third kappa shape index (κ3) is 4.15. The van der Waals surface area contributed by atoms with Gasteiger partial charge in [0.25, 0.3) is 5.56 Å². The van der Waals surface area contributed by atoms with Gasteiger partial charge >= 0.3 is 6.03 Å². The Balaban J connectivity index is 1.21. The summed E-state index contributed by atoms with van der Waals surface area (Å²) in [5.41, 5.74) is 1.47. The number of pyridine rings is 2. The second kappa shape index (κ2) is 8.79. The van der Waals surface area contributed by atoms with E-state index in [1.54, 1.807) is 23.7 Å². The molecule has 3 aromatic rings. The number of amides is 2. The van der Waals surface area contributed by atoms with Crippen molar-refractivity contribution in [3.8, 4) is 11.6 Å². The molecular weight excluding hydrogens is 482 g/mol. The molecular formula is C29H33N5O4. The van der Waals surface area contributed by atoms with Gasteiger partial charge in [0.15, 0.2) is 0 Å². The molecule has 4 heterocycles. The molecule has 0 spiro atoms. The van der Waals surface area contributed by atoms with Crippen LogP contribution in [0.2, 0.25) is 0 Å². The number of aryl methyl sites for hydroxylation is 1. The van der Waals surface area contributed by atoms with Gasteiger partial charge in [0.05, 0.1) is 23.4 Å². The van der Waals surface area contributed by atoms with E-state index < -0.39 is 5.54 Å². The van der Waals surface area contributed by atoms with Crippen LogP contribution in [0.15, 0.2) is 65.6 Å². The van der Waals surface area contributed by atoms with Crippen molar-refractivity contribution < 1.29 is 14.6 Å². The lowest BCUT2D eigenvalue weighted by Crippen LogP contribution is -2.58. The normalized spacial score (nSPS) is 24.4. The molecule has 2 amide bonds. The van der Waals surface area contributed by atoms with E-state index in [1.165, 1.54) is 12.3 Å². The number of urea groups is 1. The summed E-state index contributed by atoms with van der Waals surface area (Å²) in [7, 11) is 1.74. The molecule has 2 aliphatic carbocycles. The number of nitrogens with one attached hydrogen (secondary N) is 2. The van der Waals surface area contributed by atoms with Gasteiger partial charge in [-0.15, -0.1) is 0 Å². The van der Waals surface area contributed by atoms with Gasteiger partial charge in [0.1, 0.15) is 5.75 Å². The number of fused-ring (bicyclic) bond motifs is 1. The van der Waals surface area contributed by atoms with Crippen LogP contribution in [0.4, 0.5) is 10.5 Å². The predicted octanol–water partition coefficient (Wildman–Crippen LogP) is 3.52. The molecule has 198 valence electrons. The van der Waals surface area contributed by atoms with Gasteiger partial charge in [-0.05, 0) is 56.4 Å². The molecule has 9 heteroatoms. The van der Waals surface area contributed by atoms with Crippen LogP contribution in [0.3, 0.4) is 0 Å². The van der Waals surface area contributed by atoms with Crippen molar-refractivity contribution >= 4 is 11.7 Å².